The van der Waals surface area contributed by atoms with Crippen molar-refractivity contribution in [3.63, 3.8) is 0 Å². The summed E-state index contributed by atoms with van der Waals surface area (Å²) in [6.45, 7) is 10.2. The average Bonchev–Trinajstić information content (AvgIpc) is 2.64. The molecule has 0 atom stereocenters. The minimum absolute atomic E-state index is 0.970. The number of rotatable bonds is 3. The molecule has 1 radical (unpaired) electrons. The van der Waals surface area contributed by atoms with Gasteiger partial charge in [-0.2, -0.15) is 5.10 Å². The molecule has 0 aliphatic heterocycles. The van der Waals surface area contributed by atoms with E-state index in [9.17, 15) is 0 Å². The van der Waals surface area contributed by atoms with Crippen molar-refractivity contribution in [2.75, 3.05) is 18.0 Å². The first kappa shape index (κ1) is 10.0. The highest BCUT2D eigenvalue weighted by atomic mass is 15.3. The van der Waals surface area contributed by atoms with Crippen LogP contribution in [0.3, 0.4) is 0 Å². The lowest BCUT2D eigenvalue weighted by atomic mass is 10.1. The van der Waals surface area contributed by atoms with Crippen molar-refractivity contribution in [2.45, 2.75) is 13.8 Å². The van der Waals surface area contributed by atoms with Crippen molar-refractivity contribution in [1.82, 2.24) is 10.2 Å². The average molecular weight is 202 g/mol. The summed E-state index contributed by atoms with van der Waals surface area (Å²) in [6, 6.07) is 6.09. The van der Waals surface area contributed by atoms with Crippen LogP contribution in [0.15, 0.2) is 18.2 Å². The van der Waals surface area contributed by atoms with Crippen molar-refractivity contribution < 1.29 is 0 Å². The lowest BCUT2D eigenvalue weighted by Crippen LogP contribution is -2.22. The summed E-state index contributed by atoms with van der Waals surface area (Å²) in [7, 11) is 0. The van der Waals surface area contributed by atoms with E-state index in [4.69, 9.17) is 0 Å². The fourth-order valence-corrected chi connectivity index (χ4v) is 1.81. The predicted octanol–water partition coefficient (Wildman–Crippen LogP) is 2.59. The van der Waals surface area contributed by atoms with Crippen LogP contribution in [0.5, 0.6) is 0 Å². The molecule has 0 bridgehead atoms. The van der Waals surface area contributed by atoms with Crippen molar-refractivity contribution in [1.29, 1.82) is 0 Å². The molecular formula is C12H16N3. The second kappa shape index (κ2) is 3.93. The summed E-state index contributed by atoms with van der Waals surface area (Å²) < 4.78 is 0. The molecule has 0 amide bonds. The van der Waals surface area contributed by atoms with Crippen LogP contribution in [0.1, 0.15) is 19.4 Å². The van der Waals surface area contributed by atoms with Gasteiger partial charge in [0.05, 0.1) is 5.52 Å². The summed E-state index contributed by atoms with van der Waals surface area (Å²) in [4.78, 5) is 2.23. The number of H-pyrrole nitrogens is 1. The minimum atomic E-state index is 0.970. The number of nitrogens with zero attached hydrogens (tertiary/aromatic N) is 2. The topological polar surface area (TPSA) is 31.9 Å². The van der Waals surface area contributed by atoms with Crippen LogP contribution in [0.25, 0.3) is 10.9 Å². The zero-order valence-corrected chi connectivity index (χ0v) is 9.25. The van der Waals surface area contributed by atoms with Gasteiger partial charge in [-0.25, -0.2) is 0 Å². The van der Waals surface area contributed by atoms with Gasteiger partial charge in [-0.05, 0) is 38.5 Å². The molecule has 2 rings (SSSR count). The molecular weight excluding hydrogens is 186 g/mol. The molecule has 79 valence electrons. The SMILES string of the molecule is [CH2]c1ccc2[nH]nc(N(CC)CC)c2c1. The number of aromatic amines is 1. The van der Waals surface area contributed by atoms with Crippen LogP contribution >= 0.6 is 0 Å². The minimum Gasteiger partial charge on any atom is -0.355 e. The van der Waals surface area contributed by atoms with Crippen LogP contribution in [-0.4, -0.2) is 23.3 Å². The molecule has 3 heteroatoms. The molecule has 1 aromatic carbocycles. The Kier molecular flexibility index (Phi) is 2.62. The zero-order valence-electron chi connectivity index (χ0n) is 9.25. The van der Waals surface area contributed by atoms with Crippen molar-refractivity contribution >= 4 is 16.7 Å². The summed E-state index contributed by atoms with van der Waals surface area (Å²) in [6.07, 6.45) is 0. The number of nitrogens with one attached hydrogen (secondary N) is 1. The zero-order chi connectivity index (χ0) is 10.8. The van der Waals surface area contributed by atoms with Crippen LogP contribution in [0.2, 0.25) is 0 Å². The quantitative estimate of drug-likeness (QED) is 0.829. The van der Waals surface area contributed by atoms with Gasteiger partial charge in [0, 0.05) is 18.5 Å². The van der Waals surface area contributed by atoms with Gasteiger partial charge < -0.3 is 4.90 Å². The fraction of sp³-hybridized carbons (Fsp3) is 0.333. The lowest BCUT2D eigenvalue weighted by molar-refractivity contribution is 0.843. The number of fused-ring (bicyclic) bond motifs is 1. The third-order valence-electron chi connectivity index (χ3n) is 2.67. The van der Waals surface area contributed by atoms with Gasteiger partial charge in [0.15, 0.2) is 5.82 Å². The molecule has 1 aromatic heterocycles. The second-order valence-corrected chi connectivity index (χ2v) is 3.60. The van der Waals surface area contributed by atoms with Crippen LogP contribution in [0.4, 0.5) is 5.82 Å². The molecule has 0 aliphatic rings. The Bertz CT molecular complexity index is 455. The highest BCUT2D eigenvalue weighted by molar-refractivity contribution is 5.90. The Morgan fingerprint density at radius 3 is 2.73 bits per heavy atom. The largest absolute Gasteiger partial charge is 0.355 e. The molecule has 0 fully saturated rings. The monoisotopic (exact) mass is 202 g/mol. The Balaban J connectivity index is 2.55. The molecule has 0 saturated heterocycles. The van der Waals surface area contributed by atoms with E-state index >= 15 is 0 Å². The van der Waals surface area contributed by atoms with Crippen LogP contribution in [0, 0.1) is 6.92 Å². The second-order valence-electron chi connectivity index (χ2n) is 3.60. The Morgan fingerprint density at radius 1 is 1.33 bits per heavy atom. The number of hydrogen-bond donors (Lipinski definition) is 1. The van der Waals surface area contributed by atoms with Gasteiger partial charge in [-0.1, -0.05) is 6.07 Å². The summed E-state index contributed by atoms with van der Waals surface area (Å²) in [5.41, 5.74) is 2.10. The van der Waals surface area contributed by atoms with Crippen LogP contribution in [-0.2, 0) is 0 Å². The molecule has 15 heavy (non-hydrogen) atoms. The van der Waals surface area contributed by atoms with Crippen molar-refractivity contribution in [3.05, 3.63) is 30.7 Å². The Morgan fingerprint density at radius 2 is 2.07 bits per heavy atom. The molecule has 0 aliphatic carbocycles. The highest BCUT2D eigenvalue weighted by Gasteiger charge is 2.10. The van der Waals surface area contributed by atoms with E-state index in [1.807, 2.05) is 12.1 Å². The van der Waals surface area contributed by atoms with Crippen molar-refractivity contribution in [2.24, 2.45) is 0 Å². The molecule has 3 nitrogen and oxygen atoms in total. The van der Waals surface area contributed by atoms with Crippen molar-refractivity contribution in [3.8, 4) is 0 Å². The van der Waals surface area contributed by atoms with E-state index in [0.717, 1.165) is 35.4 Å². The number of benzene rings is 1. The van der Waals surface area contributed by atoms with E-state index < -0.39 is 0 Å². The maximum atomic E-state index is 4.35. The fourth-order valence-electron chi connectivity index (χ4n) is 1.81. The molecule has 0 spiro atoms. The maximum Gasteiger partial charge on any atom is 0.158 e. The third-order valence-corrected chi connectivity index (χ3v) is 2.67. The molecule has 1 heterocycles. The smallest absolute Gasteiger partial charge is 0.158 e. The normalized spacial score (nSPS) is 10.9. The van der Waals surface area contributed by atoms with Gasteiger partial charge in [0.1, 0.15) is 0 Å². The summed E-state index contributed by atoms with van der Waals surface area (Å²) in [5.74, 6) is 1.03. The molecule has 0 saturated carbocycles. The maximum absolute atomic E-state index is 4.35. The molecule has 1 N–H and O–H groups in total. The molecule has 2 aromatic rings. The summed E-state index contributed by atoms with van der Waals surface area (Å²) in [5, 5.41) is 8.56. The first-order valence-electron chi connectivity index (χ1n) is 5.31. The van der Waals surface area contributed by atoms with E-state index in [2.05, 4.69) is 41.9 Å². The first-order valence-corrected chi connectivity index (χ1v) is 5.31. The van der Waals surface area contributed by atoms with E-state index in [1.54, 1.807) is 0 Å². The third kappa shape index (κ3) is 1.69. The van der Waals surface area contributed by atoms with E-state index in [-0.39, 0.29) is 0 Å². The summed E-state index contributed by atoms with van der Waals surface area (Å²) >= 11 is 0. The van der Waals surface area contributed by atoms with Gasteiger partial charge in [0.25, 0.3) is 0 Å². The first-order chi connectivity index (χ1) is 7.26. The van der Waals surface area contributed by atoms with Gasteiger partial charge in [0.2, 0.25) is 0 Å². The number of aromatic nitrogens is 2. The Hall–Kier alpha value is -1.51. The predicted molar refractivity (Wildman–Crippen MR) is 64.1 cm³/mol. The van der Waals surface area contributed by atoms with Gasteiger partial charge in [-0.3, -0.25) is 5.10 Å². The molecule has 0 unspecified atom stereocenters. The van der Waals surface area contributed by atoms with Crippen LogP contribution < -0.4 is 4.90 Å². The highest BCUT2D eigenvalue weighted by Crippen LogP contribution is 2.24. The van der Waals surface area contributed by atoms with E-state index in [0.29, 0.717) is 0 Å². The Labute approximate surface area is 90.1 Å². The number of anilines is 1. The standard InChI is InChI=1S/C12H16N3/c1-4-15(5-2)12-10-8-9(3)6-7-11(10)13-14-12/h6-8H,3-5H2,1-2H3,(H,13,14). The van der Waals surface area contributed by atoms with E-state index in [1.165, 1.54) is 0 Å². The van der Waals surface area contributed by atoms with Gasteiger partial charge in [-0.15, -0.1) is 0 Å². The van der Waals surface area contributed by atoms with Gasteiger partial charge >= 0.3 is 0 Å². The number of hydrogen-bond acceptors (Lipinski definition) is 2. The lowest BCUT2D eigenvalue weighted by Gasteiger charge is -2.17.